The molecule has 1 heterocycles. The monoisotopic (exact) mass is 272 g/mol. The minimum atomic E-state index is -0.366. The number of methoxy groups -OCH3 is 1. The third kappa shape index (κ3) is 2.77. The van der Waals surface area contributed by atoms with Crippen LogP contribution in [0, 0.1) is 0 Å². The molecule has 5 heteroatoms. The topological polar surface area (TPSA) is 61.2 Å². The molecule has 0 aliphatic rings. The molecule has 0 saturated heterocycles. The second-order valence-electron chi connectivity index (χ2n) is 4.29. The molecule has 0 atom stereocenters. The number of carbonyl (C=O) groups is 1. The Kier molecular flexibility index (Phi) is 4.30. The number of rotatable bonds is 4. The van der Waals surface area contributed by atoms with Crippen LogP contribution < -0.4 is 5.56 Å². The summed E-state index contributed by atoms with van der Waals surface area (Å²) in [6.07, 6.45) is 3.75. The molecule has 5 nitrogen and oxygen atoms in total. The summed E-state index contributed by atoms with van der Waals surface area (Å²) in [4.78, 5) is 27.9. The van der Waals surface area contributed by atoms with Crippen LogP contribution in [0.25, 0.3) is 10.9 Å². The van der Waals surface area contributed by atoms with Gasteiger partial charge in [-0.05, 0) is 18.6 Å². The summed E-state index contributed by atoms with van der Waals surface area (Å²) in [6.45, 7) is 2.17. The van der Waals surface area contributed by atoms with Gasteiger partial charge in [0, 0.05) is 12.1 Å². The number of hydrogen-bond acceptors (Lipinski definition) is 4. The number of esters is 1. The summed E-state index contributed by atoms with van der Waals surface area (Å²) >= 11 is 0. The van der Waals surface area contributed by atoms with Crippen molar-refractivity contribution in [3.05, 3.63) is 52.6 Å². The number of benzene rings is 1. The zero-order valence-electron chi connectivity index (χ0n) is 11.5. The summed E-state index contributed by atoms with van der Waals surface area (Å²) in [6, 6.07) is 7.18. The minimum absolute atomic E-state index is 0.118. The van der Waals surface area contributed by atoms with Crippen molar-refractivity contribution in [1.29, 1.82) is 0 Å². The van der Waals surface area contributed by atoms with Crippen LogP contribution in [0.15, 0.2) is 47.0 Å². The van der Waals surface area contributed by atoms with Gasteiger partial charge in [-0.15, -0.1) is 0 Å². The summed E-state index contributed by atoms with van der Waals surface area (Å²) in [5, 5.41) is 0.569. The van der Waals surface area contributed by atoms with Crippen LogP contribution >= 0.6 is 0 Å². The Labute approximate surface area is 116 Å². The molecule has 1 aromatic heterocycles. The number of aromatic nitrogens is 2. The van der Waals surface area contributed by atoms with Crippen LogP contribution in [0.2, 0.25) is 0 Å². The van der Waals surface area contributed by atoms with Crippen molar-refractivity contribution in [2.45, 2.75) is 19.9 Å². The molecule has 0 amide bonds. The Morgan fingerprint density at radius 1 is 1.40 bits per heavy atom. The zero-order valence-corrected chi connectivity index (χ0v) is 11.5. The Morgan fingerprint density at radius 3 is 2.85 bits per heavy atom. The highest BCUT2D eigenvalue weighted by Crippen LogP contribution is 2.06. The number of carbonyl (C=O) groups excluding carboxylic acids is 1. The molecule has 20 heavy (non-hydrogen) atoms. The molecule has 0 radical (unpaired) electrons. The summed E-state index contributed by atoms with van der Waals surface area (Å²) in [7, 11) is 1.34. The largest absolute Gasteiger partial charge is 0.466 e. The van der Waals surface area contributed by atoms with E-state index in [1.54, 1.807) is 24.3 Å². The van der Waals surface area contributed by atoms with E-state index in [0.29, 0.717) is 29.4 Å². The molecule has 2 aromatic rings. The molecule has 0 bridgehead atoms. The van der Waals surface area contributed by atoms with Crippen molar-refractivity contribution in [3.8, 4) is 0 Å². The van der Waals surface area contributed by atoms with Gasteiger partial charge in [0.25, 0.3) is 5.56 Å². The minimum Gasteiger partial charge on any atom is -0.466 e. The molecule has 0 saturated carbocycles. The van der Waals surface area contributed by atoms with Crippen molar-refractivity contribution in [3.63, 3.8) is 0 Å². The number of para-hydroxylation sites is 1. The van der Waals surface area contributed by atoms with E-state index >= 15 is 0 Å². The van der Waals surface area contributed by atoms with Gasteiger partial charge in [0.05, 0.1) is 24.3 Å². The van der Waals surface area contributed by atoms with E-state index in [1.165, 1.54) is 18.0 Å². The normalized spacial score (nSPS) is 11.6. The van der Waals surface area contributed by atoms with E-state index in [-0.39, 0.29) is 11.5 Å². The van der Waals surface area contributed by atoms with Crippen molar-refractivity contribution < 1.29 is 9.53 Å². The zero-order chi connectivity index (χ0) is 14.5. The van der Waals surface area contributed by atoms with Gasteiger partial charge < -0.3 is 4.74 Å². The van der Waals surface area contributed by atoms with E-state index in [9.17, 15) is 9.59 Å². The van der Waals surface area contributed by atoms with Gasteiger partial charge in [-0.25, -0.2) is 9.78 Å². The lowest BCUT2D eigenvalue weighted by molar-refractivity contribution is -0.136. The van der Waals surface area contributed by atoms with E-state index in [4.69, 9.17) is 0 Å². The Balaban J connectivity index is 2.35. The highest BCUT2D eigenvalue weighted by Gasteiger charge is 2.07. The predicted octanol–water partition coefficient (Wildman–Crippen LogP) is 1.91. The van der Waals surface area contributed by atoms with Gasteiger partial charge >= 0.3 is 5.97 Å². The Hall–Kier alpha value is -2.43. The van der Waals surface area contributed by atoms with Gasteiger partial charge in [-0.3, -0.25) is 9.36 Å². The third-order valence-corrected chi connectivity index (χ3v) is 3.09. The Morgan fingerprint density at radius 2 is 2.15 bits per heavy atom. The van der Waals surface area contributed by atoms with Crippen LogP contribution in [-0.4, -0.2) is 22.6 Å². The number of fused-ring (bicyclic) bond motifs is 1. The van der Waals surface area contributed by atoms with E-state index in [2.05, 4.69) is 9.72 Å². The molecule has 0 aliphatic carbocycles. The highest BCUT2D eigenvalue weighted by atomic mass is 16.5. The van der Waals surface area contributed by atoms with Crippen molar-refractivity contribution in [1.82, 2.24) is 9.55 Å². The van der Waals surface area contributed by atoms with Gasteiger partial charge in [-0.2, -0.15) is 0 Å². The van der Waals surface area contributed by atoms with Gasteiger partial charge in [0.2, 0.25) is 0 Å². The lowest BCUT2D eigenvalue weighted by Crippen LogP contribution is -2.20. The first-order valence-electron chi connectivity index (χ1n) is 6.39. The lowest BCUT2D eigenvalue weighted by atomic mass is 10.2. The van der Waals surface area contributed by atoms with Crippen molar-refractivity contribution in [2.24, 2.45) is 0 Å². The SMILES string of the molecule is CCC(=CCn1cnc2ccccc2c1=O)C(=O)OC. The standard InChI is InChI=1S/C15H16N2O3/c1-3-11(15(19)20-2)8-9-17-10-16-13-7-5-4-6-12(13)14(17)18/h4-8,10H,3,9H2,1-2H3. The molecule has 0 aliphatic heterocycles. The summed E-state index contributed by atoms with van der Waals surface area (Å²) in [5.74, 6) is -0.366. The van der Waals surface area contributed by atoms with Gasteiger partial charge in [-0.1, -0.05) is 25.1 Å². The fraction of sp³-hybridized carbons (Fsp3) is 0.267. The highest BCUT2D eigenvalue weighted by molar-refractivity contribution is 5.88. The number of allylic oxidation sites excluding steroid dienone is 1. The molecule has 1 aromatic carbocycles. The second-order valence-corrected chi connectivity index (χ2v) is 4.29. The summed E-state index contributed by atoms with van der Waals surface area (Å²) in [5.41, 5.74) is 1.10. The molecule has 0 spiro atoms. The molecule has 0 N–H and O–H groups in total. The first-order chi connectivity index (χ1) is 9.67. The fourth-order valence-corrected chi connectivity index (χ4v) is 1.95. The molecule has 104 valence electrons. The molecule has 0 fully saturated rings. The fourth-order valence-electron chi connectivity index (χ4n) is 1.95. The maximum Gasteiger partial charge on any atom is 0.333 e. The summed E-state index contributed by atoms with van der Waals surface area (Å²) < 4.78 is 6.16. The quantitative estimate of drug-likeness (QED) is 0.630. The maximum atomic E-state index is 12.2. The lowest BCUT2D eigenvalue weighted by Gasteiger charge is -2.05. The van der Waals surface area contributed by atoms with Crippen LogP contribution in [0.1, 0.15) is 13.3 Å². The maximum absolute atomic E-state index is 12.2. The first kappa shape index (κ1) is 14.0. The van der Waals surface area contributed by atoms with Crippen LogP contribution in [0.3, 0.4) is 0 Å². The first-order valence-corrected chi connectivity index (χ1v) is 6.39. The number of nitrogens with zero attached hydrogens (tertiary/aromatic N) is 2. The smallest absolute Gasteiger partial charge is 0.333 e. The van der Waals surface area contributed by atoms with Crippen LogP contribution in [0.5, 0.6) is 0 Å². The molecular weight excluding hydrogens is 256 g/mol. The van der Waals surface area contributed by atoms with Crippen molar-refractivity contribution in [2.75, 3.05) is 7.11 Å². The predicted molar refractivity (Wildman–Crippen MR) is 76.4 cm³/mol. The van der Waals surface area contributed by atoms with Crippen LogP contribution in [0.4, 0.5) is 0 Å². The molecule has 2 rings (SSSR count). The van der Waals surface area contributed by atoms with Crippen LogP contribution in [-0.2, 0) is 16.1 Å². The van der Waals surface area contributed by atoms with Gasteiger partial charge in [0.15, 0.2) is 0 Å². The van der Waals surface area contributed by atoms with Crippen molar-refractivity contribution >= 4 is 16.9 Å². The van der Waals surface area contributed by atoms with E-state index in [0.717, 1.165) is 0 Å². The van der Waals surface area contributed by atoms with E-state index in [1.807, 2.05) is 13.0 Å². The van der Waals surface area contributed by atoms with Gasteiger partial charge in [0.1, 0.15) is 0 Å². The molecular formula is C15H16N2O3. The Bertz CT molecular complexity index is 716. The number of hydrogen-bond donors (Lipinski definition) is 0. The number of ether oxygens (including phenoxy) is 1. The average Bonchev–Trinajstić information content (AvgIpc) is 2.49. The van der Waals surface area contributed by atoms with E-state index < -0.39 is 0 Å². The second kappa shape index (κ2) is 6.14. The third-order valence-electron chi connectivity index (χ3n) is 3.09. The molecule has 0 unspecified atom stereocenters. The average molecular weight is 272 g/mol.